The Morgan fingerprint density at radius 3 is 2.93 bits per heavy atom. The van der Waals surface area contributed by atoms with Crippen LogP contribution in [0.4, 0.5) is 0 Å². The van der Waals surface area contributed by atoms with Crippen molar-refractivity contribution >= 4 is 11.3 Å². The summed E-state index contributed by atoms with van der Waals surface area (Å²) in [6.07, 6.45) is 3.18. The van der Waals surface area contributed by atoms with Crippen molar-refractivity contribution in [2.45, 2.75) is 25.8 Å². The second-order valence-electron chi connectivity index (χ2n) is 3.50. The Labute approximate surface area is 89.4 Å². The molecule has 0 saturated carbocycles. The number of aromatic nitrogens is 1. The molecule has 1 rings (SSSR count). The number of unbranched alkanes of at least 4 members (excludes halogenated alkanes) is 2. The van der Waals surface area contributed by atoms with E-state index in [2.05, 4.69) is 22.3 Å². The van der Waals surface area contributed by atoms with E-state index in [4.69, 9.17) is 5.11 Å². The van der Waals surface area contributed by atoms with Crippen molar-refractivity contribution < 1.29 is 5.11 Å². The Kier molecular flexibility index (Phi) is 5.75. The first kappa shape index (κ1) is 11.6. The van der Waals surface area contributed by atoms with Gasteiger partial charge in [-0.15, -0.1) is 11.3 Å². The van der Waals surface area contributed by atoms with Crippen LogP contribution in [0.2, 0.25) is 0 Å². The molecule has 0 spiro atoms. The van der Waals surface area contributed by atoms with Crippen molar-refractivity contribution in [1.82, 2.24) is 9.88 Å². The largest absolute Gasteiger partial charge is 0.396 e. The van der Waals surface area contributed by atoms with Crippen molar-refractivity contribution in [3.8, 4) is 0 Å². The predicted octanol–water partition coefficient (Wildman–Crippen LogP) is 1.74. The molecular weight excluding hydrogens is 196 g/mol. The summed E-state index contributed by atoms with van der Waals surface area (Å²) in [5, 5.41) is 10.7. The summed E-state index contributed by atoms with van der Waals surface area (Å²) in [7, 11) is 2.11. The van der Waals surface area contributed by atoms with Gasteiger partial charge in [0, 0.05) is 18.5 Å². The third-order valence-corrected chi connectivity index (χ3v) is 2.75. The summed E-state index contributed by atoms with van der Waals surface area (Å²) in [6.45, 7) is 2.33. The maximum atomic E-state index is 8.62. The van der Waals surface area contributed by atoms with E-state index in [1.54, 1.807) is 11.3 Å². The number of aliphatic hydroxyl groups is 1. The summed E-state index contributed by atoms with van der Waals surface area (Å²) in [6, 6.07) is 0. The lowest BCUT2D eigenvalue weighted by Gasteiger charge is -2.14. The van der Waals surface area contributed by atoms with E-state index in [1.165, 1.54) is 0 Å². The first-order valence-corrected chi connectivity index (χ1v) is 5.93. The first-order valence-electron chi connectivity index (χ1n) is 4.99. The zero-order valence-electron chi connectivity index (χ0n) is 8.65. The zero-order valence-corrected chi connectivity index (χ0v) is 9.46. The molecular formula is C10H18N2OS. The zero-order chi connectivity index (χ0) is 10.2. The number of rotatable bonds is 7. The second kappa shape index (κ2) is 6.92. The van der Waals surface area contributed by atoms with Crippen LogP contribution in [0.15, 0.2) is 10.9 Å². The van der Waals surface area contributed by atoms with Crippen molar-refractivity contribution in [1.29, 1.82) is 0 Å². The minimum Gasteiger partial charge on any atom is -0.396 e. The molecule has 0 aliphatic carbocycles. The molecule has 0 unspecified atom stereocenters. The Morgan fingerprint density at radius 2 is 2.29 bits per heavy atom. The maximum Gasteiger partial charge on any atom is 0.0795 e. The number of hydrogen-bond acceptors (Lipinski definition) is 4. The predicted molar refractivity (Wildman–Crippen MR) is 59.4 cm³/mol. The van der Waals surface area contributed by atoms with Gasteiger partial charge in [-0.3, -0.25) is 0 Å². The summed E-state index contributed by atoms with van der Waals surface area (Å²) in [5.74, 6) is 0. The summed E-state index contributed by atoms with van der Waals surface area (Å²) < 4.78 is 0. The molecule has 1 aromatic rings. The molecule has 0 aromatic carbocycles. The Morgan fingerprint density at radius 1 is 1.43 bits per heavy atom. The molecule has 0 bridgehead atoms. The maximum absolute atomic E-state index is 8.62. The van der Waals surface area contributed by atoms with Crippen molar-refractivity contribution in [3.05, 3.63) is 16.6 Å². The second-order valence-corrected chi connectivity index (χ2v) is 4.22. The van der Waals surface area contributed by atoms with E-state index in [0.717, 1.165) is 38.0 Å². The smallest absolute Gasteiger partial charge is 0.0795 e. The molecule has 3 nitrogen and oxygen atoms in total. The molecule has 0 radical (unpaired) electrons. The van der Waals surface area contributed by atoms with Gasteiger partial charge in [0.05, 0.1) is 11.2 Å². The van der Waals surface area contributed by atoms with Crippen LogP contribution in [-0.2, 0) is 6.54 Å². The SMILES string of the molecule is CN(CCCCCO)Cc1cscn1. The fraction of sp³-hybridized carbons (Fsp3) is 0.700. The molecule has 0 aliphatic heterocycles. The normalized spacial score (nSPS) is 11.1. The summed E-state index contributed by atoms with van der Waals surface area (Å²) in [4.78, 5) is 6.51. The fourth-order valence-electron chi connectivity index (χ4n) is 1.34. The van der Waals surface area contributed by atoms with Crippen LogP contribution in [-0.4, -0.2) is 35.2 Å². The van der Waals surface area contributed by atoms with Gasteiger partial charge in [-0.05, 0) is 32.9 Å². The van der Waals surface area contributed by atoms with Gasteiger partial charge in [0.15, 0.2) is 0 Å². The molecule has 14 heavy (non-hydrogen) atoms. The van der Waals surface area contributed by atoms with Gasteiger partial charge in [0.2, 0.25) is 0 Å². The standard InChI is InChI=1S/C10H18N2OS/c1-12(5-3-2-4-6-13)7-10-8-14-9-11-10/h8-9,13H,2-7H2,1H3. The molecule has 0 atom stereocenters. The van der Waals surface area contributed by atoms with Crippen molar-refractivity contribution in [2.75, 3.05) is 20.2 Å². The summed E-state index contributed by atoms with van der Waals surface area (Å²) in [5.41, 5.74) is 3.02. The fourth-order valence-corrected chi connectivity index (χ4v) is 1.89. The Bertz CT molecular complexity index is 226. The van der Waals surface area contributed by atoms with Crippen LogP contribution in [0, 0.1) is 0 Å². The summed E-state index contributed by atoms with van der Waals surface area (Å²) >= 11 is 1.64. The van der Waals surface area contributed by atoms with Crippen LogP contribution < -0.4 is 0 Å². The molecule has 1 heterocycles. The first-order chi connectivity index (χ1) is 6.83. The van der Waals surface area contributed by atoms with Gasteiger partial charge in [0.25, 0.3) is 0 Å². The average molecular weight is 214 g/mol. The molecule has 4 heteroatoms. The van der Waals surface area contributed by atoms with Gasteiger partial charge in [0.1, 0.15) is 0 Å². The molecule has 1 N–H and O–H groups in total. The van der Waals surface area contributed by atoms with Gasteiger partial charge in [-0.25, -0.2) is 4.98 Å². The molecule has 0 amide bonds. The van der Waals surface area contributed by atoms with Crippen molar-refractivity contribution in [2.24, 2.45) is 0 Å². The van der Waals surface area contributed by atoms with Gasteiger partial charge < -0.3 is 10.0 Å². The number of thiazole rings is 1. The van der Waals surface area contributed by atoms with E-state index >= 15 is 0 Å². The van der Waals surface area contributed by atoms with Crippen LogP contribution in [0.5, 0.6) is 0 Å². The van der Waals surface area contributed by atoms with E-state index in [9.17, 15) is 0 Å². The van der Waals surface area contributed by atoms with Crippen LogP contribution in [0.3, 0.4) is 0 Å². The molecule has 0 fully saturated rings. The van der Waals surface area contributed by atoms with E-state index in [0.29, 0.717) is 6.61 Å². The third kappa shape index (κ3) is 4.69. The van der Waals surface area contributed by atoms with Gasteiger partial charge >= 0.3 is 0 Å². The molecule has 1 aromatic heterocycles. The van der Waals surface area contributed by atoms with Gasteiger partial charge in [-0.1, -0.05) is 0 Å². The van der Waals surface area contributed by atoms with Crippen LogP contribution in [0.1, 0.15) is 25.0 Å². The highest BCUT2D eigenvalue weighted by Crippen LogP contribution is 2.05. The minimum absolute atomic E-state index is 0.315. The van der Waals surface area contributed by atoms with Crippen LogP contribution >= 0.6 is 11.3 Å². The Balaban J connectivity index is 2.07. The number of nitrogens with zero attached hydrogens (tertiary/aromatic N) is 2. The van der Waals surface area contributed by atoms with E-state index < -0.39 is 0 Å². The Hall–Kier alpha value is -0.450. The molecule has 0 saturated heterocycles. The molecule has 80 valence electrons. The minimum atomic E-state index is 0.315. The van der Waals surface area contributed by atoms with Gasteiger partial charge in [-0.2, -0.15) is 0 Å². The number of hydrogen-bond donors (Lipinski definition) is 1. The average Bonchev–Trinajstić information content (AvgIpc) is 2.65. The van der Waals surface area contributed by atoms with E-state index in [1.807, 2.05) is 5.51 Å². The highest BCUT2D eigenvalue weighted by molar-refractivity contribution is 7.07. The van der Waals surface area contributed by atoms with Crippen molar-refractivity contribution in [3.63, 3.8) is 0 Å². The third-order valence-electron chi connectivity index (χ3n) is 2.11. The van der Waals surface area contributed by atoms with E-state index in [-0.39, 0.29) is 0 Å². The lowest BCUT2D eigenvalue weighted by Crippen LogP contribution is -2.19. The highest BCUT2D eigenvalue weighted by Gasteiger charge is 2.00. The topological polar surface area (TPSA) is 36.4 Å². The lowest BCUT2D eigenvalue weighted by molar-refractivity contribution is 0.270. The lowest BCUT2D eigenvalue weighted by atomic mass is 10.2. The van der Waals surface area contributed by atoms with Crippen LogP contribution in [0.25, 0.3) is 0 Å². The number of aliphatic hydroxyl groups excluding tert-OH is 1. The highest BCUT2D eigenvalue weighted by atomic mass is 32.1. The molecule has 0 aliphatic rings. The quantitative estimate of drug-likeness (QED) is 0.702. The monoisotopic (exact) mass is 214 g/mol.